The number of anilines is 1. The van der Waals surface area contributed by atoms with Crippen molar-refractivity contribution in [3.63, 3.8) is 0 Å². The van der Waals surface area contributed by atoms with E-state index in [0.29, 0.717) is 18.3 Å². The van der Waals surface area contributed by atoms with Gasteiger partial charge in [-0.15, -0.1) is 0 Å². The largest absolute Gasteiger partial charge is 0.381 e. The number of nitrogens with two attached hydrogens (primary N) is 1. The van der Waals surface area contributed by atoms with Gasteiger partial charge in [0.15, 0.2) is 0 Å². The molecule has 0 aromatic carbocycles. The zero-order chi connectivity index (χ0) is 12.4. The Kier molecular flexibility index (Phi) is 3.40. The summed E-state index contributed by atoms with van der Waals surface area (Å²) in [4.78, 5) is 9.13. The lowest BCUT2D eigenvalue weighted by Gasteiger charge is -2.19. The van der Waals surface area contributed by atoms with Crippen LogP contribution in [0.25, 0.3) is 0 Å². The third-order valence-electron chi connectivity index (χ3n) is 3.50. The second-order valence-electron chi connectivity index (χ2n) is 4.79. The van der Waals surface area contributed by atoms with Gasteiger partial charge in [-0.3, -0.25) is 0 Å². The average Bonchev–Trinajstić information content (AvgIpc) is 2.90. The number of hydrogen-bond donors (Lipinski definition) is 2. The van der Waals surface area contributed by atoms with E-state index in [-0.39, 0.29) is 0 Å². The SMILES string of the molecule is NNc1nc(CC2CCOC2)nc2c1COCC2. The maximum absolute atomic E-state index is 5.53. The van der Waals surface area contributed by atoms with E-state index < -0.39 is 0 Å². The van der Waals surface area contributed by atoms with Crippen molar-refractivity contribution in [2.75, 3.05) is 25.2 Å². The molecule has 98 valence electrons. The van der Waals surface area contributed by atoms with Gasteiger partial charge in [0.05, 0.1) is 18.9 Å². The molecule has 18 heavy (non-hydrogen) atoms. The first kappa shape index (κ1) is 11.8. The highest BCUT2D eigenvalue weighted by Crippen LogP contribution is 2.23. The number of hydrazine groups is 1. The molecule has 1 fully saturated rings. The number of nitrogen functional groups attached to an aromatic ring is 1. The van der Waals surface area contributed by atoms with Crippen LogP contribution in [0.2, 0.25) is 0 Å². The fourth-order valence-corrected chi connectivity index (χ4v) is 2.50. The Morgan fingerprint density at radius 2 is 2.22 bits per heavy atom. The zero-order valence-electron chi connectivity index (χ0n) is 10.3. The molecule has 1 saturated heterocycles. The number of rotatable bonds is 3. The quantitative estimate of drug-likeness (QED) is 0.597. The minimum atomic E-state index is 0.536. The fourth-order valence-electron chi connectivity index (χ4n) is 2.50. The predicted octanol–water partition coefficient (Wildman–Crippen LogP) is 0.414. The lowest BCUT2D eigenvalue weighted by molar-refractivity contribution is 0.109. The highest BCUT2D eigenvalue weighted by atomic mass is 16.5. The molecule has 2 aliphatic rings. The molecule has 3 rings (SSSR count). The summed E-state index contributed by atoms with van der Waals surface area (Å²) in [6.07, 6.45) is 2.79. The Balaban J connectivity index is 1.85. The van der Waals surface area contributed by atoms with E-state index in [0.717, 1.165) is 56.2 Å². The molecule has 0 bridgehead atoms. The minimum absolute atomic E-state index is 0.536. The minimum Gasteiger partial charge on any atom is -0.381 e. The van der Waals surface area contributed by atoms with Gasteiger partial charge in [0, 0.05) is 31.6 Å². The van der Waals surface area contributed by atoms with Gasteiger partial charge in [0.1, 0.15) is 11.6 Å². The summed E-state index contributed by atoms with van der Waals surface area (Å²) in [5.74, 6) is 7.63. The van der Waals surface area contributed by atoms with Gasteiger partial charge in [0.2, 0.25) is 0 Å². The molecule has 0 aliphatic carbocycles. The van der Waals surface area contributed by atoms with Crippen molar-refractivity contribution < 1.29 is 9.47 Å². The van der Waals surface area contributed by atoms with E-state index in [1.807, 2.05) is 0 Å². The first-order valence-corrected chi connectivity index (χ1v) is 6.37. The Hall–Kier alpha value is -1.24. The summed E-state index contributed by atoms with van der Waals surface area (Å²) in [6.45, 7) is 2.93. The third-order valence-corrected chi connectivity index (χ3v) is 3.50. The number of nitrogens with zero attached hydrogens (tertiary/aromatic N) is 2. The lowest BCUT2D eigenvalue weighted by atomic mass is 10.0. The van der Waals surface area contributed by atoms with Crippen LogP contribution in [-0.4, -0.2) is 29.8 Å². The predicted molar refractivity (Wildman–Crippen MR) is 65.8 cm³/mol. The number of hydrogen-bond acceptors (Lipinski definition) is 6. The van der Waals surface area contributed by atoms with Crippen molar-refractivity contribution >= 4 is 5.82 Å². The van der Waals surface area contributed by atoms with Crippen molar-refractivity contribution in [1.82, 2.24) is 9.97 Å². The summed E-state index contributed by atoms with van der Waals surface area (Å²) in [5, 5.41) is 0. The van der Waals surface area contributed by atoms with Crippen molar-refractivity contribution in [3.8, 4) is 0 Å². The van der Waals surface area contributed by atoms with Crippen molar-refractivity contribution in [3.05, 3.63) is 17.1 Å². The van der Waals surface area contributed by atoms with Crippen molar-refractivity contribution in [2.45, 2.75) is 25.9 Å². The van der Waals surface area contributed by atoms with Gasteiger partial charge in [-0.25, -0.2) is 15.8 Å². The second kappa shape index (κ2) is 5.17. The Labute approximate surface area is 106 Å². The first-order chi connectivity index (χ1) is 8.86. The molecule has 3 N–H and O–H groups in total. The van der Waals surface area contributed by atoms with Crippen LogP contribution in [-0.2, 0) is 28.9 Å². The molecule has 6 nitrogen and oxygen atoms in total. The van der Waals surface area contributed by atoms with E-state index in [2.05, 4.69) is 15.4 Å². The molecule has 3 heterocycles. The van der Waals surface area contributed by atoms with Crippen LogP contribution in [0, 0.1) is 5.92 Å². The topological polar surface area (TPSA) is 82.3 Å². The highest BCUT2D eigenvalue weighted by molar-refractivity contribution is 5.46. The molecule has 1 aromatic rings. The van der Waals surface area contributed by atoms with Crippen LogP contribution in [0.3, 0.4) is 0 Å². The third kappa shape index (κ3) is 2.31. The highest BCUT2D eigenvalue weighted by Gasteiger charge is 2.21. The zero-order valence-corrected chi connectivity index (χ0v) is 10.3. The van der Waals surface area contributed by atoms with E-state index in [1.165, 1.54) is 0 Å². The van der Waals surface area contributed by atoms with E-state index >= 15 is 0 Å². The maximum atomic E-state index is 5.53. The molecule has 0 spiro atoms. The van der Waals surface area contributed by atoms with E-state index in [4.69, 9.17) is 15.3 Å². The van der Waals surface area contributed by atoms with Crippen LogP contribution in [0.5, 0.6) is 0 Å². The van der Waals surface area contributed by atoms with Crippen molar-refractivity contribution in [1.29, 1.82) is 0 Å². The standard InChI is InChI=1S/C12H18N4O2/c13-16-12-9-7-18-4-2-10(9)14-11(15-12)5-8-1-3-17-6-8/h8H,1-7,13H2,(H,14,15,16). The molecule has 0 radical (unpaired) electrons. The maximum Gasteiger partial charge on any atom is 0.149 e. The number of nitrogens with one attached hydrogen (secondary N) is 1. The van der Waals surface area contributed by atoms with Crippen LogP contribution in [0.1, 0.15) is 23.5 Å². The molecule has 2 aliphatic heterocycles. The Bertz CT molecular complexity index is 415. The van der Waals surface area contributed by atoms with Gasteiger partial charge in [0.25, 0.3) is 0 Å². The van der Waals surface area contributed by atoms with Crippen LogP contribution >= 0.6 is 0 Å². The summed E-state index contributed by atoms with van der Waals surface area (Å²) < 4.78 is 10.8. The molecule has 1 unspecified atom stereocenters. The van der Waals surface area contributed by atoms with Crippen LogP contribution < -0.4 is 11.3 Å². The van der Waals surface area contributed by atoms with Gasteiger partial charge in [-0.2, -0.15) is 0 Å². The summed E-state index contributed by atoms with van der Waals surface area (Å²) >= 11 is 0. The van der Waals surface area contributed by atoms with E-state index in [9.17, 15) is 0 Å². The summed E-state index contributed by atoms with van der Waals surface area (Å²) in [5.41, 5.74) is 4.72. The summed E-state index contributed by atoms with van der Waals surface area (Å²) in [6, 6.07) is 0. The molecule has 0 amide bonds. The number of aromatic nitrogens is 2. The van der Waals surface area contributed by atoms with Crippen LogP contribution in [0.15, 0.2) is 0 Å². The molecule has 1 atom stereocenters. The molecule has 1 aromatic heterocycles. The first-order valence-electron chi connectivity index (χ1n) is 6.37. The smallest absolute Gasteiger partial charge is 0.149 e. The number of ether oxygens (including phenoxy) is 2. The van der Waals surface area contributed by atoms with Crippen LogP contribution in [0.4, 0.5) is 5.82 Å². The fraction of sp³-hybridized carbons (Fsp3) is 0.667. The average molecular weight is 250 g/mol. The number of fused-ring (bicyclic) bond motifs is 1. The van der Waals surface area contributed by atoms with Gasteiger partial charge in [-0.1, -0.05) is 0 Å². The Morgan fingerprint density at radius 1 is 1.28 bits per heavy atom. The van der Waals surface area contributed by atoms with Crippen molar-refractivity contribution in [2.24, 2.45) is 11.8 Å². The lowest BCUT2D eigenvalue weighted by Crippen LogP contribution is -2.21. The van der Waals surface area contributed by atoms with Gasteiger partial charge in [-0.05, 0) is 12.3 Å². The molecular weight excluding hydrogens is 232 g/mol. The van der Waals surface area contributed by atoms with Gasteiger partial charge < -0.3 is 14.9 Å². The second-order valence-corrected chi connectivity index (χ2v) is 4.79. The Morgan fingerprint density at radius 3 is 3.00 bits per heavy atom. The molecule has 0 saturated carbocycles. The monoisotopic (exact) mass is 250 g/mol. The van der Waals surface area contributed by atoms with E-state index in [1.54, 1.807) is 0 Å². The molecule has 6 heteroatoms. The molecular formula is C12H18N4O2. The normalized spacial score (nSPS) is 22.8. The van der Waals surface area contributed by atoms with Gasteiger partial charge >= 0.3 is 0 Å². The summed E-state index contributed by atoms with van der Waals surface area (Å²) in [7, 11) is 0.